The number of benzene rings is 1. The SMILES string of the molecule is CCCC[C@H](NC(=O)c1cnc2cc(C3CCC3)c(Cl)cc2c1)C(C)=O. The summed E-state index contributed by atoms with van der Waals surface area (Å²) in [6.45, 7) is 3.58. The second-order valence-corrected chi connectivity index (χ2v) is 7.60. The van der Waals surface area contributed by atoms with Crippen molar-refractivity contribution in [1.29, 1.82) is 0 Å². The molecule has 26 heavy (non-hydrogen) atoms. The topological polar surface area (TPSA) is 59.1 Å². The van der Waals surface area contributed by atoms with Crippen molar-refractivity contribution in [2.45, 2.75) is 64.3 Å². The normalized spacial score (nSPS) is 15.5. The Hall–Kier alpha value is -1.94. The first-order chi connectivity index (χ1) is 12.5. The second-order valence-electron chi connectivity index (χ2n) is 7.20. The van der Waals surface area contributed by atoms with Crippen LogP contribution < -0.4 is 5.32 Å². The molecule has 1 aliphatic rings. The Balaban J connectivity index is 1.81. The van der Waals surface area contributed by atoms with Crippen LogP contribution in [0.2, 0.25) is 5.02 Å². The van der Waals surface area contributed by atoms with Crippen LogP contribution in [0.3, 0.4) is 0 Å². The van der Waals surface area contributed by atoms with Crippen molar-refractivity contribution in [1.82, 2.24) is 10.3 Å². The molecule has 3 rings (SSSR count). The van der Waals surface area contributed by atoms with Gasteiger partial charge in [-0.2, -0.15) is 0 Å². The molecular weight excluding hydrogens is 348 g/mol. The summed E-state index contributed by atoms with van der Waals surface area (Å²) in [5.74, 6) is 0.246. The van der Waals surface area contributed by atoms with E-state index in [9.17, 15) is 9.59 Å². The van der Waals surface area contributed by atoms with Crippen LogP contribution in [0.25, 0.3) is 10.9 Å². The summed E-state index contributed by atoms with van der Waals surface area (Å²) in [5, 5.41) is 4.42. The Kier molecular flexibility index (Phi) is 5.92. The lowest BCUT2D eigenvalue weighted by Crippen LogP contribution is -2.39. The molecule has 5 heteroatoms. The molecular formula is C21H25ClN2O2. The van der Waals surface area contributed by atoms with Gasteiger partial charge in [0.1, 0.15) is 0 Å². The highest BCUT2D eigenvalue weighted by atomic mass is 35.5. The Labute approximate surface area is 159 Å². The van der Waals surface area contributed by atoms with Gasteiger partial charge in [0.2, 0.25) is 0 Å². The van der Waals surface area contributed by atoms with Crippen LogP contribution in [0.4, 0.5) is 0 Å². The molecule has 1 fully saturated rings. The summed E-state index contributed by atoms with van der Waals surface area (Å²) < 4.78 is 0. The summed E-state index contributed by atoms with van der Waals surface area (Å²) in [6.07, 6.45) is 7.73. The van der Waals surface area contributed by atoms with Crippen molar-refractivity contribution in [2.75, 3.05) is 0 Å². The van der Waals surface area contributed by atoms with E-state index in [1.165, 1.54) is 26.2 Å². The van der Waals surface area contributed by atoms with E-state index in [1.807, 2.05) is 12.1 Å². The Bertz CT molecular complexity index is 830. The lowest BCUT2D eigenvalue weighted by atomic mass is 9.80. The number of hydrogen-bond donors (Lipinski definition) is 1. The van der Waals surface area contributed by atoms with E-state index in [4.69, 9.17) is 11.6 Å². The summed E-state index contributed by atoms with van der Waals surface area (Å²) in [5.41, 5.74) is 2.46. The molecule has 1 amide bonds. The smallest absolute Gasteiger partial charge is 0.253 e. The minimum Gasteiger partial charge on any atom is -0.342 e. The predicted octanol–water partition coefficient (Wildman–Crippen LogP) is 5.03. The fraction of sp³-hybridized carbons (Fsp3) is 0.476. The van der Waals surface area contributed by atoms with Gasteiger partial charge in [-0.15, -0.1) is 0 Å². The number of nitrogens with one attached hydrogen (secondary N) is 1. The van der Waals surface area contributed by atoms with Crippen molar-refractivity contribution in [3.63, 3.8) is 0 Å². The van der Waals surface area contributed by atoms with Gasteiger partial charge in [0.05, 0.1) is 17.1 Å². The van der Waals surface area contributed by atoms with Gasteiger partial charge in [0.25, 0.3) is 5.91 Å². The van der Waals surface area contributed by atoms with E-state index in [2.05, 4.69) is 17.2 Å². The van der Waals surface area contributed by atoms with E-state index in [1.54, 1.807) is 12.3 Å². The molecule has 1 atom stereocenters. The summed E-state index contributed by atoms with van der Waals surface area (Å²) in [6, 6.07) is 5.30. The minimum atomic E-state index is -0.442. The molecule has 0 saturated heterocycles. The summed E-state index contributed by atoms with van der Waals surface area (Å²) in [7, 11) is 0. The molecule has 1 aromatic heterocycles. The minimum absolute atomic E-state index is 0.0197. The third-order valence-corrected chi connectivity index (χ3v) is 5.58. The molecule has 0 radical (unpaired) electrons. The number of Topliss-reactive ketones (excluding diaryl/α,β-unsaturated/α-hetero) is 1. The number of aromatic nitrogens is 1. The average molecular weight is 373 g/mol. The zero-order valence-corrected chi connectivity index (χ0v) is 16.1. The molecule has 1 aromatic carbocycles. The van der Waals surface area contributed by atoms with Gasteiger partial charge < -0.3 is 5.32 Å². The van der Waals surface area contributed by atoms with E-state index in [0.717, 1.165) is 34.3 Å². The van der Waals surface area contributed by atoms with Gasteiger partial charge >= 0.3 is 0 Å². The van der Waals surface area contributed by atoms with E-state index in [-0.39, 0.29) is 11.7 Å². The number of unbranched alkanes of at least 4 members (excludes halogenated alkanes) is 1. The lowest BCUT2D eigenvalue weighted by molar-refractivity contribution is -0.119. The molecule has 2 aromatic rings. The maximum atomic E-state index is 12.5. The van der Waals surface area contributed by atoms with Crippen LogP contribution in [-0.4, -0.2) is 22.7 Å². The molecule has 0 unspecified atom stereocenters. The first-order valence-corrected chi connectivity index (χ1v) is 9.78. The monoisotopic (exact) mass is 372 g/mol. The number of rotatable bonds is 7. The van der Waals surface area contributed by atoms with Crippen molar-refractivity contribution in [3.05, 3.63) is 40.5 Å². The zero-order valence-electron chi connectivity index (χ0n) is 15.3. The molecule has 1 saturated carbocycles. The molecule has 0 bridgehead atoms. The number of halogens is 1. The van der Waals surface area contributed by atoms with Crippen molar-refractivity contribution >= 4 is 34.2 Å². The number of fused-ring (bicyclic) bond motifs is 1. The lowest BCUT2D eigenvalue weighted by Gasteiger charge is -2.26. The number of carbonyl (C=O) groups excluding carboxylic acids is 2. The summed E-state index contributed by atoms with van der Waals surface area (Å²) in [4.78, 5) is 28.8. The molecule has 0 spiro atoms. The van der Waals surface area contributed by atoms with Crippen molar-refractivity contribution in [3.8, 4) is 0 Å². The fourth-order valence-corrected chi connectivity index (χ4v) is 3.67. The van der Waals surface area contributed by atoms with Gasteiger partial charge in [0, 0.05) is 16.6 Å². The second kappa shape index (κ2) is 8.17. The maximum absolute atomic E-state index is 12.5. The number of hydrogen-bond acceptors (Lipinski definition) is 3. The Morgan fingerprint density at radius 2 is 2.08 bits per heavy atom. The third-order valence-electron chi connectivity index (χ3n) is 5.25. The highest BCUT2D eigenvalue weighted by Crippen LogP contribution is 2.40. The quantitative estimate of drug-likeness (QED) is 0.741. The first kappa shape index (κ1) is 18.8. The maximum Gasteiger partial charge on any atom is 0.253 e. The van der Waals surface area contributed by atoms with Gasteiger partial charge in [0.15, 0.2) is 5.78 Å². The number of pyridine rings is 1. The standard InChI is InChI=1S/C21H25ClN2O2/c1-3-4-8-19(13(2)25)24-21(26)16-9-15-10-18(22)17(14-6-5-7-14)11-20(15)23-12-16/h9-12,14,19H,3-8H2,1-2H3,(H,24,26)/t19-/m0/s1. The van der Waals surface area contributed by atoms with Gasteiger partial charge in [-0.1, -0.05) is 37.8 Å². The molecule has 1 heterocycles. The van der Waals surface area contributed by atoms with Gasteiger partial charge in [-0.05, 0) is 55.9 Å². The highest BCUT2D eigenvalue weighted by Gasteiger charge is 2.23. The number of amides is 1. The van der Waals surface area contributed by atoms with Crippen LogP contribution in [-0.2, 0) is 4.79 Å². The Morgan fingerprint density at radius 1 is 1.31 bits per heavy atom. The first-order valence-electron chi connectivity index (χ1n) is 9.40. The molecule has 1 aliphatic carbocycles. The number of ketones is 1. The van der Waals surface area contributed by atoms with Gasteiger partial charge in [-0.3, -0.25) is 14.6 Å². The predicted molar refractivity (Wildman–Crippen MR) is 105 cm³/mol. The van der Waals surface area contributed by atoms with E-state index < -0.39 is 6.04 Å². The van der Waals surface area contributed by atoms with Crippen LogP contribution in [0.5, 0.6) is 0 Å². The van der Waals surface area contributed by atoms with E-state index in [0.29, 0.717) is 17.9 Å². The fourth-order valence-electron chi connectivity index (χ4n) is 3.35. The Morgan fingerprint density at radius 3 is 2.69 bits per heavy atom. The van der Waals surface area contributed by atoms with E-state index >= 15 is 0 Å². The highest BCUT2D eigenvalue weighted by molar-refractivity contribution is 6.32. The van der Waals surface area contributed by atoms with Crippen LogP contribution in [0.1, 0.15) is 74.2 Å². The molecule has 1 N–H and O–H groups in total. The third kappa shape index (κ3) is 4.07. The number of nitrogens with zero attached hydrogens (tertiary/aromatic N) is 1. The van der Waals surface area contributed by atoms with Crippen molar-refractivity contribution in [2.24, 2.45) is 0 Å². The van der Waals surface area contributed by atoms with Crippen molar-refractivity contribution < 1.29 is 9.59 Å². The number of carbonyl (C=O) groups is 2. The zero-order chi connectivity index (χ0) is 18.7. The van der Waals surface area contributed by atoms with Crippen LogP contribution in [0.15, 0.2) is 24.4 Å². The largest absolute Gasteiger partial charge is 0.342 e. The van der Waals surface area contributed by atoms with Gasteiger partial charge in [-0.25, -0.2) is 0 Å². The average Bonchev–Trinajstić information content (AvgIpc) is 2.56. The molecule has 4 nitrogen and oxygen atoms in total. The molecule has 0 aliphatic heterocycles. The van der Waals surface area contributed by atoms with Crippen LogP contribution in [0, 0.1) is 0 Å². The summed E-state index contributed by atoms with van der Waals surface area (Å²) >= 11 is 6.45. The molecule has 138 valence electrons. The van der Waals surface area contributed by atoms with Crippen LogP contribution >= 0.6 is 11.6 Å².